The van der Waals surface area contributed by atoms with E-state index in [1.807, 2.05) is 80.6 Å². The molecule has 0 aliphatic carbocycles. The number of rotatable bonds is 5. The van der Waals surface area contributed by atoms with Crippen LogP contribution in [-0.4, -0.2) is 25.1 Å². The largest absolute Gasteiger partial charge is 0.493 e. The maximum absolute atomic E-state index is 13.3. The van der Waals surface area contributed by atoms with Crippen molar-refractivity contribution in [1.29, 1.82) is 0 Å². The quantitative estimate of drug-likeness (QED) is 0.451. The summed E-state index contributed by atoms with van der Waals surface area (Å²) in [5.74, 6) is 1.07. The molecule has 0 radical (unpaired) electrons. The molecule has 4 rings (SSSR count). The maximum atomic E-state index is 13.3. The number of amides is 1. The highest BCUT2D eigenvalue weighted by Crippen LogP contribution is 2.33. The van der Waals surface area contributed by atoms with Gasteiger partial charge >= 0.3 is 0 Å². The molecule has 4 aromatic rings. The van der Waals surface area contributed by atoms with Gasteiger partial charge in [0.2, 0.25) is 0 Å². The van der Waals surface area contributed by atoms with Crippen LogP contribution in [0.1, 0.15) is 21.5 Å². The third-order valence-corrected chi connectivity index (χ3v) is 5.49. The number of pyridine rings is 1. The molecular formula is C26H24N2O3. The predicted molar refractivity (Wildman–Crippen MR) is 124 cm³/mol. The molecule has 1 amide bonds. The van der Waals surface area contributed by atoms with E-state index in [1.54, 1.807) is 14.2 Å². The zero-order valence-electron chi connectivity index (χ0n) is 18.0. The number of nitrogens with zero attached hydrogens (tertiary/aromatic N) is 1. The summed E-state index contributed by atoms with van der Waals surface area (Å²) in [6.07, 6.45) is 0. The van der Waals surface area contributed by atoms with E-state index in [2.05, 4.69) is 5.32 Å². The van der Waals surface area contributed by atoms with Gasteiger partial charge in [-0.05, 0) is 61.4 Å². The fourth-order valence-electron chi connectivity index (χ4n) is 3.58. The van der Waals surface area contributed by atoms with Gasteiger partial charge in [-0.3, -0.25) is 4.79 Å². The summed E-state index contributed by atoms with van der Waals surface area (Å²) >= 11 is 0. The zero-order valence-corrected chi connectivity index (χ0v) is 18.0. The number of ether oxygens (including phenoxy) is 2. The maximum Gasteiger partial charge on any atom is 0.256 e. The number of carbonyl (C=O) groups excluding carboxylic acids is 1. The van der Waals surface area contributed by atoms with Crippen LogP contribution in [0.2, 0.25) is 0 Å². The SMILES string of the molecule is COc1ccc(-c2cc(C(=O)Nc3cccc(C)c3C)c3ccccc3n2)cc1OC. The van der Waals surface area contributed by atoms with E-state index in [1.165, 1.54) is 0 Å². The Balaban J connectivity index is 1.82. The lowest BCUT2D eigenvalue weighted by Gasteiger charge is -2.14. The number of para-hydroxylation sites is 1. The van der Waals surface area contributed by atoms with Crippen LogP contribution in [0, 0.1) is 13.8 Å². The van der Waals surface area contributed by atoms with Gasteiger partial charge in [0.25, 0.3) is 5.91 Å². The van der Waals surface area contributed by atoms with Gasteiger partial charge in [-0.2, -0.15) is 0 Å². The van der Waals surface area contributed by atoms with Crippen LogP contribution >= 0.6 is 0 Å². The molecule has 5 nitrogen and oxygen atoms in total. The monoisotopic (exact) mass is 412 g/mol. The van der Waals surface area contributed by atoms with Crippen LogP contribution in [0.25, 0.3) is 22.2 Å². The highest BCUT2D eigenvalue weighted by molar-refractivity contribution is 6.13. The van der Waals surface area contributed by atoms with Gasteiger partial charge < -0.3 is 14.8 Å². The Morgan fingerprint density at radius 3 is 2.42 bits per heavy atom. The van der Waals surface area contributed by atoms with Crippen molar-refractivity contribution in [3.8, 4) is 22.8 Å². The molecule has 5 heteroatoms. The van der Waals surface area contributed by atoms with Gasteiger partial charge in [0.1, 0.15) is 0 Å². The Bertz CT molecular complexity index is 1280. The highest BCUT2D eigenvalue weighted by Gasteiger charge is 2.16. The summed E-state index contributed by atoms with van der Waals surface area (Å²) in [6.45, 7) is 4.03. The number of aryl methyl sites for hydroxylation is 1. The van der Waals surface area contributed by atoms with E-state index >= 15 is 0 Å². The van der Waals surface area contributed by atoms with Crippen molar-refractivity contribution in [3.05, 3.63) is 83.4 Å². The number of anilines is 1. The molecule has 0 saturated heterocycles. The van der Waals surface area contributed by atoms with Crippen molar-refractivity contribution in [2.24, 2.45) is 0 Å². The van der Waals surface area contributed by atoms with Gasteiger partial charge in [0, 0.05) is 16.6 Å². The van der Waals surface area contributed by atoms with E-state index in [9.17, 15) is 4.79 Å². The van der Waals surface area contributed by atoms with E-state index < -0.39 is 0 Å². The van der Waals surface area contributed by atoms with Crippen molar-refractivity contribution in [1.82, 2.24) is 4.98 Å². The number of benzene rings is 3. The molecule has 0 aliphatic rings. The predicted octanol–water partition coefficient (Wildman–Crippen LogP) is 5.79. The molecule has 31 heavy (non-hydrogen) atoms. The molecule has 0 spiro atoms. The number of methoxy groups -OCH3 is 2. The van der Waals surface area contributed by atoms with E-state index in [0.717, 1.165) is 33.3 Å². The minimum absolute atomic E-state index is 0.172. The fourth-order valence-corrected chi connectivity index (χ4v) is 3.58. The molecule has 3 aromatic carbocycles. The van der Waals surface area contributed by atoms with Crippen LogP contribution in [-0.2, 0) is 0 Å². The van der Waals surface area contributed by atoms with Gasteiger partial charge in [-0.25, -0.2) is 4.98 Å². The lowest BCUT2D eigenvalue weighted by Crippen LogP contribution is -2.14. The fraction of sp³-hybridized carbons (Fsp3) is 0.154. The summed E-state index contributed by atoms with van der Waals surface area (Å²) < 4.78 is 10.8. The van der Waals surface area contributed by atoms with Crippen LogP contribution in [0.4, 0.5) is 5.69 Å². The number of nitrogens with one attached hydrogen (secondary N) is 1. The molecule has 1 heterocycles. The van der Waals surface area contributed by atoms with Gasteiger partial charge in [0.15, 0.2) is 11.5 Å². The smallest absolute Gasteiger partial charge is 0.256 e. The zero-order chi connectivity index (χ0) is 22.0. The number of aromatic nitrogens is 1. The van der Waals surface area contributed by atoms with E-state index in [0.29, 0.717) is 22.8 Å². The van der Waals surface area contributed by atoms with Gasteiger partial charge in [0.05, 0.1) is 31.0 Å². The summed E-state index contributed by atoms with van der Waals surface area (Å²) in [5, 5.41) is 3.87. The first-order valence-electron chi connectivity index (χ1n) is 10.0. The Morgan fingerprint density at radius 2 is 1.65 bits per heavy atom. The minimum Gasteiger partial charge on any atom is -0.493 e. The molecule has 1 N–H and O–H groups in total. The molecule has 0 bridgehead atoms. The van der Waals surface area contributed by atoms with Crippen LogP contribution < -0.4 is 14.8 Å². The third-order valence-electron chi connectivity index (χ3n) is 5.49. The first-order chi connectivity index (χ1) is 15.0. The average molecular weight is 412 g/mol. The van der Waals surface area contributed by atoms with Crippen molar-refractivity contribution in [2.45, 2.75) is 13.8 Å². The normalized spacial score (nSPS) is 10.7. The molecule has 0 unspecified atom stereocenters. The standard InChI is InChI=1S/C26H24N2O3/c1-16-8-7-11-21(17(16)2)28-26(29)20-15-23(27-22-10-6-5-9-19(20)22)18-12-13-24(30-3)25(14-18)31-4/h5-15H,1-4H3,(H,28,29). The van der Waals surface area contributed by atoms with Gasteiger partial charge in [-0.1, -0.05) is 30.3 Å². The van der Waals surface area contributed by atoms with Crippen LogP contribution in [0.3, 0.4) is 0 Å². The first kappa shape index (κ1) is 20.4. The molecule has 0 saturated carbocycles. The Morgan fingerprint density at radius 1 is 0.871 bits per heavy atom. The van der Waals surface area contributed by atoms with Gasteiger partial charge in [-0.15, -0.1) is 0 Å². The number of hydrogen-bond donors (Lipinski definition) is 1. The summed E-state index contributed by atoms with van der Waals surface area (Å²) in [6, 6.07) is 21.0. The second kappa shape index (κ2) is 8.48. The third kappa shape index (κ3) is 3.94. The summed E-state index contributed by atoms with van der Waals surface area (Å²) in [5.41, 5.74) is 5.82. The average Bonchev–Trinajstić information content (AvgIpc) is 2.80. The number of carbonyl (C=O) groups is 1. The lowest BCUT2D eigenvalue weighted by molar-refractivity contribution is 0.102. The van der Waals surface area contributed by atoms with Crippen molar-refractivity contribution in [3.63, 3.8) is 0 Å². The number of hydrogen-bond acceptors (Lipinski definition) is 4. The first-order valence-corrected chi connectivity index (χ1v) is 10.0. The highest BCUT2D eigenvalue weighted by atomic mass is 16.5. The van der Waals surface area contributed by atoms with Crippen LogP contribution in [0.15, 0.2) is 66.7 Å². The second-order valence-corrected chi connectivity index (χ2v) is 7.34. The van der Waals surface area contributed by atoms with Crippen molar-refractivity contribution in [2.75, 3.05) is 19.5 Å². The molecule has 156 valence electrons. The lowest BCUT2D eigenvalue weighted by atomic mass is 10.0. The molecule has 0 fully saturated rings. The second-order valence-electron chi connectivity index (χ2n) is 7.34. The number of fused-ring (bicyclic) bond motifs is 1. The molecule has 1 aromatic heterocycles. The topological polar surface area (TPSA) is 60.5 Å². The van der Waals surface area contributed by atoms with Crippen molar-refractivity contribution < 1.29 is 14.3 Å². The summed E-state index contributed by atoms with van der Waals surface area (Å²) in [7, 11) is 3.19. The van der Waals surface area contributed by atoms with E-state index in [4.69, 9.17) is 14.5 Å². The summed E-state index contributed by atoms with van der Waals surface area (Å²) in [4.78, 5) is 18.1. The Labute approximate surface area is 181 Å². The van der Waals surface area contributed by atoms with Crippen LogP contribution in [0.5, 0.6) is 11.5 Å². The Kier molecular flexibility index (Phi) is 5.58. The minimum atomic E-state index is -0.172. The molecule has 0 aliphatic heterocycles. The van der Waals surface area contributed by atoms with Crippen molar-refractivity contribution >= 4 is 22.5 Å². The molecule has 0 atom stereocenters. The Hall–Kier alpha value is -3.86. The van der Waals surface area contributed by atoms with E-state index in [-0.39, 0.29) is 5.91 Å². The molecular weight excluding hydrogens is 388 g/mol.